The topological polar surface area (TPSA) is 113 Å². The molecule has 0 amide bonds. The maximum atomic E-state index is 10.2. The molecule has 0 unspecified atom stereocenters. The van der Waals surface area contributed by atoms with Crippen LogP contribution in [0.15, 0.2) is 48.5 Å². The van der Waals surface area contributed by atoms with E-state index in [2.05, 4.69) is 4.89 Å². The molecule has 0 aromatic heterocycles. The van der Waals surface area contributed by atoms with Crippen molar-refractivity contribution in [3.8, 4) is 11.5 Å². The molecular weight excluding hydrogens is 578 g/mol. The molecule has 0 bridgehead atoms. The summed E-state index contributed by atoms with van der Waals surface area (Å²) in [6.45, 7) is 2.40. The second kappa shape index (κ2) is 24.8. The minimum absolute atomic E-state index is 0. The molecule has 0 fully saturated rings. The first kappa shape index (κ1) is 35.2. The summed E-state index contributed by atoms with van der Waals surface area (Å²) in [6.07, 6.45) is 1.55. The SMILES string of the molecule is CCOc1ccc(C=O)cc1.O=CO[O-].O=Cc1ccc(O)cc1.[H-].[K+].[K+].[W]. The molecule has 27 heavy (non-hydrogen) atoms. The average molecular weight is 596 g/mol. The molecule has 0 atom stereocenters. The Kier molecular flexibility index (Phi) is 32.4. The third kappa shape index (κ3) is 19.8. The van der Waals surface area contributed by atoms with E-state index >= 15 is 0 Å². The summed E-state index contributed by atoms with van der Waals surface area (Å²) in [5, 5.41) is 17.2. The van der Waals surface area contributed by atoms with Gasteiger partial charge in [-0.3, -0.25) is 14.4 Å². The van der Waals surface area contributed by atoms with Crippen LogP contribution >= 0.6 is 0 Å². The number of benzene rings is 2. The van der Waals surface area contributed by atoms with E-state index in [1.807, 2.05) is 6.92 Å². The molecule has 0 aliphatic carbocycles. The summed E-state index contributed by atoms with van der Waals surface area (Å²) < 4.78 is 5.19. The van der Waals surface area contributed by atoms with Gasteiger partial charge in [0.05, 0.1) is 6.61 Å². The minimum Gasteiger partial charge on any atom is -1.00 e. The van der Waals surface area contributed by atoms with Crippen molar-refractivity contribution in [2.45, 2.75) is 6.92 Å². The van der Waals surface area contributed by atoms with Gasteiger partial charge in [-0.2, -0.15) is 0 Å². The number of phenolic OH excluding ortho intramolecular Hbond substituents is 1. The van der Waals surface area contributed by atoms with Crippen LogP contribution in [0.3, 0.4) is 0 Å². The van der Waals surface area contributed by atoms with E-state index in [-0.39, 0.29) is 137 Å². The van der Waals surface area contributed by atoms with Crippen molar-refractivity contribution in [3.63, 3.8) is 0 Å². The Morgan fingerprint density at radius 2 is 1.30 bits per heavy atom. The Morgan fingerprint density at radius 3 is 1.59 bits per heavy atom. The van der Waals surface area contributed by atoms with E-state index in [1.54, 1.807) is 36.4 Å². The Labute approximate surface area is 258 Å². The van der Waals surface area contributed by atoms with Gasteiger partial charge in [-0.25, -0.2) is 0 Å². The normalized spacial score (nSPS) is 7.48. The molecule has 2 rings (SSSR count). The van der Waals surface area contributed by atoms with Gasteiger partial charge in [0.15, 0.2) is 0 Å². The second-order valence-electron chi connectivity index (χ2n) is 4.02. The van der Waals surface area contributed by atoms with Crippen LogP contribution < -0.4 is 113 Å². The minimum atomic E-state index is -0.181. The fraction of sp³-hybridized carbons (Fsp3) is 0.118. The average Bonchev–Trinajstić information content (AvgIpc) is 2.64. The van der Waals surface area contributed by atoms with Crippen LogP contribution in [0.4, 0.5) is 0 Å². The number of phenols is 1. The van der Waals surface area contributed by atoms with Gasteiger partial charge in [-0.05, 0) is 55.5 Å². The van der Waals surface area contributed by atoms with Crippen molar-refractivity contribution in [2.75, 3.05) is 6.61 Å². The summed E-state index contributed by atoms with van der Waals surface area (Å²) in [4.78, 5) is 31.5. The zero-order valence-electron chi connectivity index (χ0n) is 16.4. The smallest absolute Gasteiger partial charge is 1.00 e. The van der Waals surface area contributed by atoms with E-state index in [0.717, 1.165) is 18.3 Å². The quantitative estimate of drug-likeness (QED) is 0.161. The number of carbonyl (C=O) groups excluding carboxylic acids is 3. The van der Waals surface area contributed by atoms with E-state index in [9.17, 15) is 9.59 Å². The van der Waals surface area contributed by atoms with Gasteiger partial charge in [-0.1, -0.05) is 0 Å². The monoisotopic (exact) mass is 596 g/mol. The number of carbonyl (C=O) groups is 3. The molecule has 0 aliphatic heterocycles. The number of ether oxygens (including phenoxy) is 1. The second-order valence-corrected chi connectivity index (χ2v) is 4.02. The van der Waals surface area contributed by atoms with E-state index in [0.29, 0.717) is 17.7 Å². The molecule has 0 radical (unpaired) electrons. The molecule has 2 aromatic rings. The van der Waals surface area contributed by atoms with Crippen LogP contribution in [0.1, 0.15) is 29.1 Å². The largest absolute Gasteiger partial charge is 1.00 e. The van der Waals surface area contributed by atoms with Crippen molar-refractivity contribution in [2.24, 2.45) is 0 Å². The summed E-state index contributed by atoms with van der Waals surface area (Å²) >= 11 is 0. The first-order valence-electron chi connectivity index (χ1n) is 6.75. The van der Waals surface area contributed by atoms with Crippen LogP contribution in [0.2, 0.25) is 0 Å². The molecule has 1 N–H and O–H groups in total. The standard InChI is InChI=1S/C9H10O2.C7H6O2.CH2O3.2K.W.H/c1-2-11-9-5-3-8(7-10)4-6-9;8-5-6-1-3-7(9)4-2-6;2-1-4-3;;;;/h3-7H,2H2,1H3;1-5,9H;1,3H;;;;/q;;;2*+1;;-1/p-1. The molecule has 0 saturated heterocycles. The third-order valence-corrected chi connectivity index (χ3v) is 2.40. The van der Waals surface area contributed by atoms with E-state index < -0.39 is 0 Å². The Bertz CT molecular complexity index is 614. The summed E-state index contributed by atoms with van der Waals surface area (Å²) in [5.41, 5.74) is 1.25. The van der Waals surface area contributed by atoms with Gasteiger partial charge in [-0.15, -0.1) is 0 Å². The fourth-order valence-corrected chi connectivity index (χ4v) is 1.36. The number of hydrogen-bond donors (Lipinski definition) is 1. The maximum absolute atomic E-state index is 10.2. The van der Waals surface area contributed by atoms with E-state index in [4.69, 9.17) is 19.9 Å². The van der Waals surface area contributed by atoms with Crippen LogP contribution in [-0.2, 0) is 30.7 Å². The van der Waals surface area contributed by atoms with Gasteiger partial charge in [0.2, 0.25) is 0 Å². The van der Waals surface area contributed by atoms with Gasteiger partial charge in [0.1, 0.15) is 24.1 Å². The van der Waals surface area contributed by atoms with Crippen molar-refractivity contribution in [1.82, 2.24) is 0 Å². The van der Waals surface area contributed by atoms with Crippen LogP contribution in [0, 0.1) is 0 Å². The molecule has 2 aromatic carbocycles. The summed E-state index contributed by atoms with van der Waals surface area (Å²) in [5.74, 6) is 0.985. The predicted molar refractivity (Wildman–Crippen MR) is 84.8 cm³/mol. The maximum Gasteiger partial charge on any atom is 1.00 e. The van der Waals surface area contributed by atoms with Crippen molar-refractivity contribution >= 4 is 19.0 Å². The number of aromatic hydroxyl groups is 1. The predicted octanol–water partition coefficient (Wildman–Crippen LogP) is -4.34. The Hall–Kier alpha value is 0.771. The first-order valence-corrected chi connectivity index (χ1v) is 6.75. The summed E-state index contributed by atoms with van der Waals surface area (Å²) in [6, 6.07) is 13.1. The molecule has 10 heteroatoms. The molecule has 7 nitrogen and oxygen atoms in total. The zero-order chi connectivity index (χ0) is 18.2. The van der Waals surface area contributed by atoms with Gasteiger partial charge in [0.25, 0.3) is 6.47 Å². The molecule has 136 valence electrons. The van der Waals surface area contributed by atoms with Gasteiger partial charge < -0.3 is 21.4 Å². The summed E-state index contributed by atoms with van der Waals surface area (Å²) in [7, 11) is 0. The molecular formula is C17H18K2O7W. The van der Waals surface area contributed by atoms with E-state index in [1.165, 1.54) is 12.1 Å². The Morgan fingerprint density at radius 1 is 0.926 bits per heavy atom. The molecule has 0 heterocycles. The van der Waals surface area contributed by atoms with Crippen molar-refractivity contribution < 1.29 is 160 Å². The fourth-order valence-electron chi connectivity index (χ4n) is 1.36. The number of hydrogen-bond acceptors (Lipinski definition) is 7. The third-order valence-electron chi connectivity index (χ3n) is 2.40. The number of rotatable bonds is 5. The zero-order valence-corrected chi connectivity index (χ0v) is 24.5. The van der Waals surface area contributed by atoms with Crippen LogP contribution in [0.25, 0.3) is 0 Å². The van der Waals surface area contributed by atoms with Crippen LogP contribution in [0.5, 0.6) is 11.5 Å². The Balaban J connectivity index is -0.0000000955. The first-order chi connectivity index (χ1) is 11.6. The van der Waals surface area contributed by atoms with Gasteiger partial charge in [0, 0.05) is 32.2 Å². The number of aldehydes is 2. The van der Waals surface area contributed by atoms with Crippen molar-refractivity contribution in [3.05, 3.63) is 59.7 Å². The molecule has 0 aliphatic rings. The molecule has 0 spiro atoms. The van der Waals surface area contributed by atoms with Gasteiger partial charge >= 0.3 is 103 Å². The van der Waals surface area contributed by atoms with Crippen LogP contribution in [-0.4, -0.2) is 30.8 Å². The molecule has 0 saturated carbocycles. The van der Waals surface area contributed by atoms with Crippen molar-refractivity contribution in [1.29, 1.82) is 0 Å².